The fourth-order valence-corrected chi connectivity index (χ4v) is 2.79. The highest BCUT2D eigenvalue weighted by Gasteiger charge is 2.26. The summed E-state index contributed by atoms with van der Waals surface area (Å²) in [5.74, 6) is 0.114. The molecular formula is C10H17NO2S. The lowest BCUT2D eigenvalue weighted by molar-refractivity contribution is -0.121. The molecule has 1 aliphatic carbocycles. The van der Waals surface area contributed by atoms with Gasteiger partial charge in [0.15, 0.2) is 5.12 Å². The average molecular weight is 215 g/mol. The third kappa shape index (κ3) is 3.70. The first-order chi connectivity index (χ1) is 6.61. The van der Waals surface area contributed by atoms with Crippen LogP contribution in [0.5, 0.6) is 0 Å². The van der Waals surface area contributed by atoms with Gasteiger partial charge in [-0.2, -0.15) is 0 Å². The molecule has 0 spiro atoms. The molecule has 80 valence electrons. The predicted molar refractivity (Wildman–Crippen MR) is 58.1 cm³/mol. The van der Waals surface area contributed by atoms with Crippen LogP contribution in [-0.2, 0) is 9.59 Å². The van der Waals surface area contributed by atoms with Crippen LogP contribution < -0.4 is 5.32 Å². The van der Waals surface area contributed by atoms with Crippen molar-refractivity contribution >= 4 is 22.8 Å². The van der Waals surface area contributed by atoms with Gasteiger partial charge in [-0.25, -0.2) is 0 Å². The molecule has 4 heteroatoms. The summed E-state index contributed by atoms with van der Waals surface area (Å²) < 4.78 is 0. The van der Waals surface area contributed by atoms with E-state index in [0.717, 1.165) is 19.3 Å². The summed E-state index contributed by atoms with van der Waals surface area (Å²) >= 11 is 1.41. The van der Waals surface area contributed by atoms with Gasteiger partial charge in [-0.05, 0) is 19.3 Å². The first kappa shape index (κ1) is 11.6. The first-order valence-electron chi connectivity index (χ1n) is 5.08. The van der Waals surface area contributed by atoms with Gasteiger partial charge in [-0.15, -0.1) is 0 Å². The number of carbonyl (C=O) groups is 2. The van der Waals surface area contributed by atoms with Gasteiger partial charge in [0.05, 0.1) is 0 Å². The SMILES string of the molecule is CCC(=O)NC1CCC(SC(C)=O)C1. The summed E-state index contributed by atoms with van der Waals surface area (Å²) in [6.07, 6.45) is 3.53. The normalized spacial score (nSPS) is 26.1. The van der Waals surface area contributed by atoms with Gasteiger partial charge in [-0.1, -0.05) is 18.7 Å². The number of carbonyl (C=O) groups excluding carboxylic acids is 2. The van der Waals surface area contributed by atoms with E-state index in [1.54, 1.807) is 6.92 Å². The minimum Gasteiger partial charge on any atom is -0.353 e. The van der Waals surface area contributed by atoms with E-state index >= 15 is 0 Å². The van der Waals surface area contributed by atoms with Crippen LogP contribution in [0.2, 0.25) is 0 Å². The molecule has 0 bridgehead atoms. The Labute approximate surface area is 89.0 Å². The number of rotatable bonds is 3. The maximum absolute atomic E-state index is 11.1. The van der Waals surface area contributed by atoms with Crippen LogP contribution in [0.15, 0.2) is 0 Å². The molecule has 14 heavy (non-hydrogen) atoms. The van der Waals surface area contributed by atoms with E-state index in [1.807, 2.05) is 6.92 Å². The molecule has 0 radical (unpaired) electrons. The van der Waals surface area contributed by atoms with Crippen LogP contribution in [-0.4, -0.2) is 22.3 Å². The van der Waals surface area contributed by atoms with Gasteiger partial charge in [0, 0.05) is 24.6 Å². The van der Waals surface area contributed by atoms with Crippen molar-refractivity contribution in [1.82, 2.24) is 5.32 Å². The molecule has 3 nitrogen and oxygen atoms in total. The third-order valence-electron chi connectivity index (χ3n) is 2.40. The van der Waals surface area contributed by atoms with Crippen molar-refractivity contribution in [1.29, 1.82) is 0 Å². The van der Waals surface area contributed by atoms with Crippen molar-refractivity contribution in [2.75, 3.05) is 0 Å². The number of amides is 1. The topological polar surface area (TPSA) is 46.2 Å². The molecule has 0 saturated heterocycles. The second-order valence-electron chi connectivity index (χ2n) is 3.66. The lowest BCUT2D eigenvalue weighted by Crippen LogP contribution is -2.32. The van der Waals surface area contributed by atoms with Crippen molar-refractivity contribution in [3.05, 3.63) is 0 Å². The Hall–Kier alpha value is -0.510. The molecule has 0 aromatic heterocycles. The quantitative estimate of drug-likeness (QED) is 0.779. The van der Waals surface area contributed by atoms with E-state index in [9.17, 15) is 9.59 Å². The van der Waals surface area contributed by atoms with Gasteiger partial charge < -0.3 is 5.32 Å². The molecular weight excluding hydrogens is 198 g/mol. The summed E-state index contributed by atoms with van der Waals surface area (Å²) in [6, 6.07) is 0.291. The number of hydrogen-bond acceptors (Lipinski definition) is 3. The number of nitrogens with one attached hydrogen (secondary N) is 1. The van der Waals surface area contributed by atoms with E-state index in [0.29, 0.717) is 17.7 Å². The minimum atomic E-state index is 0.114. The van der Waals surface area contributed by atoms with E-state index in [4.69, 9.17) is 0 Å². The Morgan fingerprint density at radius 3 is 2.71 bits per heavy atom. The number of hydrogen-bond donors (Lipinski definition) is 1. The Kier molecular flexibility index (Phi) is 4.45. The Morgan fingerprint density at radius 2 is 2.14 bits per heavy atom. The van der Waals surface area contributed by atoms with Crippen molar-refractivity contribution in [2.45, 2.75) is 50.8 Å². The maximum Gasteiger partial charge on any atom is 0.219 e. The molecule has 1 amide bonds. The zero-order valence-electron chi connectivity index (χ0n) is 8.71. The lowest BCUT2D eigenvalue weighted by Gasteiger charge is -2.11. The van der Waals surface area contributed by atoms with Gasteiger partial charge >= 0.3 is 0 Å². The average Bonchev–Trinajstić information content (AvgIpc) is 2.51. The molecule has 1 fully saturated rings. The van der Waals surface area contributed by atoms with Gasteiger partial charge in [-0.3, -0.25) is 9.59 Å². The lowest BCUT2D eigenvalue weighted by atomic mass is 10.2. The summed E-state index contributed by atoms with van der Waals surface area (Å²) in [7, 11) is 0. The number of thioether (sulfide) groups is 1. The summed E-state index contributed by atoms with van der Waals surface area (Å²) in [5.41, 5.74) is 0. The Balaban J connectivity index is 2.27. The van der Waals surface area contributed by atoms with Crippen molar-refractivity contribution in [3.8, 4) is 0 Å². The molecule has 0 aromatic rings. The molecule has 1 rings (SSSR count). The summed E-state index contributed by atoms with van der Waals surface area (Å²) in [4.78, 5) is 22.0. The van der Waals surface area contributed by atoms with E-state index in [-0.39, 0.29) is 11.0 Å². The molecule has 0 aliphatic heterocycles. The molecule has 2 atom stereocenters. The summed E-state index contributed by atoms with van der Waals surface area (Å²) in [6.45, 7) is 3.45. The van der Waals surface area contributed by atoms with Crippen molar-refractivity contribution in [3.63, 3.8) is 0 Å². The predicted octanol–water partition coefficient (Wildman–Crippen LogP) is 1.71. The molecule has 1 N–H and O–H groups in total. The van der Waals surface area contributed by atoms with Gasteiger partial charge in [0.25, 0.3) is 0 Å². The smallest absolute Gasteiger partial charge is 0.219 e. The molecule has 0 aromatic carbocycles. The fraction of sp³-hybridized carbons (Fsp3) is 0.800. The third-order valence-corrected chi connectivity index (χ3v) is 3.50. The van der Waals surface area contributed by atoms with Crippen molar-refractivity contribution in [2.24, 2.45) is 0 Å². The van der Waals surface area contributed by atoms with Gasteiger partial charge in [0.1, 0.15) is 0 Å². The Bertz CT molecular complexity index is 230. The standard InChI is InChI=1S/C10H17NO2S/c1-3-10(13)11-8-4-5-9(6-8)14-7(2)12/h8-9H,3-6H2,1-2H3,(H,11,13). The zero-order valence-corrected chi connectivity index (χ0v) is 9.52. The first-order valence-corrected chi connectivity index (χ1v) is 5.96. The monoisotopic (exact) mass is 215 g/mol. The van der Waals surface area contributed by atoms with E-state index in [2.05, 4.69) is 5.32 Å². The highest BCUT2D eigenvalue weighted by molar-refractivity contribution is 8.14. The van der Waals surface area contributed by atoms with E-state index in [1.165, 1.54) is 11.8 Å². The van der Waals surface area contributed by atoms with Crippen LogP contribution in [0, 0.1) is 0 Å². The molecule has 1 saturated carbocycles. The van der Waals surface area contributed by atoms with E-state index < -0.39 is 0 Å². The second-order valence-corrected chi connectivity index (χ2v) is 5.14. The maximum atomic E-state index is 11.1. The summed E-state index contributed by atoms with van der Waals surface area (Å²) in [5, 5.41) is 3.56. The Morgan fingerprint density at radius 1 is 1.43 bits per heavy atom. The van der Waals surface area contributed by atoms with Gasteiger partial charge in [0.2, 0.25) is 5.91 Å². The molecule has 2 unspecified atom stereocenters. The van der Waals surface area contributed by atoms with Crippen molar-refractivity contribution < 1.29 is 9.59 Å². The highest BCUT2D eigenvalue weighted by Crippen LogP contribution is 2.30. The minimum absolute atomic E-state index is 0.114. The van der Waals surface area contributed by atoms with Crippen LogP contribution in [0.25, 0.3) is 0 Å². The van der Waals surface area contributed by atoms with Crippen LogP contribution in [0.1, 0.15) is 39.5 Å². The largest absolute Gasteiger partial charge is 0.353 e. The highest BCUT2D eigenvalue weighted by atomic mass is 32.2. The molecule has 1 aliphatic rings. The van der Waals surface area contributed by atoms with Crippen LogP contribution in [0.4, 0.5) is 0 Å². The molecule has 0 heterocycles. The van der Waals surface area contributed by atoms with Crippen LogP contribution >= 0.6 is 11.8 Å². The second kappa shape index (κ2) is 5.39. The van der Waals surface area contributed by atoms with Crippen LogP contribution in [0.3, 0.4) is 0 Å². The zero-order chi connectivity index (χ0) is 10.6. The fourth-order valence-electron chi connectivity index (χ4n) is 1.74.